The van der Waals surface area contributed by atoms with Gasteiger partial charge in [-0.15, -0.1) is 0 Å². The van der Waals surface area contributed by atoms with Crippen LogP contribution in [0.3, 0.4) is 0 Å². The zero-order chi connectivity index (χ0) is 19.3. The van der Waals surface area contributed by atoms with Crippen molar-refractivity contribution in [1.82, 2.24) is 5.32 Å². The van der Waals surface area contributed by atoms with Crippen LogP contribution in [-0.2, 0) is 0 Å². The average Bonchev–Trinajstić information content (AvgIpc) is 2.58. The molecule has 0 aliphatic rings. The van der Waals surface area contributed by atoms with E-state index in [-0.39, 0.29) is 10.8 Å². The molecule has 136 valence electrons. The molecule has 0 bridgehead atoms. The number of benzene rings is 2. The van der Waals surface area contributed by atoms with Crippen molar-refractivity contribution in [2.45, 2.75) is 13.8 Å². The van der Waals surface area contributed by atoms with Crippen LogP contribution in [0, 0.1) is 17.0 Å². The monoisotopic (exact) mass is 437 g/mol. The largest absolute Gasteiger partial charge is 0.493 e. The summed E-state index contributed by atoms with van der Waals surface area (Å²) in [6.45, 7) is 3.96. The lowest BCUT2D eigenvalue weighted by Crippen LogP contribution is -2.34. The maximum atomic E-state index is 12.5. The Morgan fingerprint density at radius 2 is 2.04 bits per heavy atom. The van der Waals surface area contributed by atoms with Gasteiger partial charge in [-0.05, 0) is 55.9 Å². The maximum Gasteiger partial charge on any atom is 0.269 e. The molecule has 2 rings (SSSR count). The zero-order valence-electron chi connectivity index (χ0n) is 14.0. The van der Waals surface area contributed by atoms with Gasteiger partial charge in [-0.3, -0.25) is 20.2 Å². The number of rotatable bonds is 5. The molecule has 0 spiro atoms. The molecule has 0 fully saturated rings. The molecule has 0 heterocycles. The topological polar surface area (TPSA) is 93.5 Å². The van der Waals surface area contributed by atoms with E-state index in [0.717, 1.165) is 4.47 Å². The highest BCUT2D eigenvalue weighted by Crippen LogP contribution is 2.24. The Labute approximate surface area is 164 Å². The smallest absolute Gasteiger partial charge is 0.269 e. The number of nitro groups is 1. The first-order valence-corrected chi connectivity index (χ1v) is 8.81. The standard InChI is InChI=1S/C17H16BrN3O4S/c1-3-25-15-7-4-11(18)9-13(15)16(22)20-17(26)19-14-6-5-12(21(23)24)8-10(14)2/h4-9H,3H2,1-2H3,(H2,19,20,22,26). The summed E-state index contributed by atoms with van der Waals surface area (Å²) in [5, 5.41) is 16.3. The quantitative estimate of drug-likeness (QED) is 0.413. The summed E-state index contributed by atoms with van der Waals surface area (Å²) in [4.78, 5) is 22.8. The van der Waals surface area contributed by atoms with Crippen molar-refractivity contribution in [3.63, 3.8) is 0 Å². The van der Waals surface area contributed by atoms with Crippen molar-refractivity contribution >= 4 is 50.5 Å². The number of carbonyl (C=O) groups excluding carboxylic acids is 1. The van der Waals surface area contributed by atoms with E-state index < -0.39 is 10.8 Å². The summed E-state index contributed by atoms with van der Waals surface area (Å²) in [7, 11) is 0. The van der Waals surface area contributed by atoms with Gasteiger partial charge in [0, 0.05) is 22.3 Å². The van der Waals surface area contributed by atoms with Crippen molar-refractivity contribution < 1.29 is 14.5 Å². The van der Waals surface area contributed by atoms with Crippen LogP contribution in [0.25, 0.3) is 0 Å². The Hall–Kier alpha value is -2.52. The van der Waals surface area contributed by atoms with E-state index in [1.165, 1.54) is 18.2 Å². The number of carbonyl (C=O) groups is 1. The fraction of sp³-hybridized carbons (Fsp3) is 0.176. The van der Waals surface area contributed by atoms with Crippen molar-refractivity contribution in [2.24, 2.45) is 0 Å². The second-order valence-electron chi connectivity index (χ2n) is 5.24. The molecule has 0 saturated carbocycles. The summed E-state index contributed by atoms with van der Waals surface area (Å²) >= 11 is 8.49. The molecular weight excluding hydrogens is 422 g/mol. The van der Waals surface area contributed by atoms with Crippen LogP contribution in [0.4, 0.5) is 11.4 Å². The van der Waals surface area contributed by atoms with E-state index in [4.69, 9.17) is 17.0 Å². The van der Waals surface area contributed by atoms with E-state index in [1.54, 1.807) is 25.1 Å². The number of hydrogen-bond acceptors (Lipinski definition) is 5. The van der Waals surface area contributed by atoms with Gasteiger partial charge in [0.1, 0.15) is 5.75 Å². The zero-order valence-corrected chi connectivity index (χ0v) is 16.4. The molecule has 1 amide bonds. The maximum absolute atomic E-state index is 12.5. The number of nitrogens with zero attached hydrogens (tertiary/aromatic N) is 1. The minimum Gasteiger partial charge on any atom is -0.493 e. The molecule has 26 heavy (non-hydrogen) atoms. The first-order chi connectivity index (χ1) is 12.3. The fourth-order valence-electron chi connectivity index (χ4n) is 2.19. The lowest BCUT2D eigenvalue weighted by molar-refractivity contribution is -0.384. The Balaban J connectivity index is 2.12. The number of aryl methyl sites for hydroxylation is 1. The third kappa shape index (κ3) is 4.99. The van der Waals surface area contributed by atoms with Crippen LogP contribution >= 0.6 is 28.1 Å². The molecule has 0 unspecified atom stereocenters. The predicted molar refractivity (Wildman–Crippen MR) is 107 cm³/mol. The number of non-ortho nitro benzene ring substituents is 1. The summed E-state index contributed by atoms with van der Waals surface area (Å²) in [5.41, 5.74) is 1.53. The van der Waals surface area contributed by atoms with Gasteiger partial charge in [0.15, 0.2) is 5.11 Å². The Kier molecular flexibility index (Phi) is 6.64. The molecule has 2 aromatic carbocycles. The van der Waals surface area contributed by atoms with Gasteiger partial charge in [0.2, 0.25) is 0 Å². The van der Waals surface area contributed by atoms with Crippen LogP contribution in [0.2, 0.25) is 0 Å². The van der Waals surface area contributed by atoms with Gasteiger partial charge in [-0.25, -0.2) is 0 Å². The van der Waals surface area contributed by atoms with Crippen LogP contribution in [-0.4, -0.2) is 22.5 Å². The number of ether oxygens (including phenoxy) is 1. The van der Waals surface area contributed by atoms with Gasteiger partial charge in [-0.2, -0.15) is 0 Å². The van der Waals surface area contributed by atoms with E-state index >= 15 is 0 Å². The molecule has 0 radical (unpaired) electrons. The Morgan fingerprint density at radius 1 is 1.31 bits per heavy atom. The molecule has 9 heteroatoms. The SMILES string of the molecule is CCOc1ccc(Br)cc1C(=O)NC(=S)Nc1ccc([N+](=O)[O-])cc1C. The molecule has 2 aromatic rings. The van der Waals surface area contributed by atoms with Gasteiger partial charge >= 0.3 is 0 Å². The molecule has 0 saturated heterocycles. The highest BCUT2D eigenvalue weighted by atomic mass is 79.9. The van der Waals surface area contributed by atoms with Crippen molar-refractivity contribution in [3.05, 3.63) is 62.1 Å². The van der Waals surface area contributed by atoms with Crippen LogP contribution in [0.5, 0.6) is 5.75 Å². The molecule has 0 aliphatic heterocycles. The second-order valence-corrected chi connectivity index (χ2v) is 6.56. The fourth-order valence-corrected chi connectivity index (χ4v) is 2.75. The highest BCUT2D eigenvalue weighted by molar-refractivity contribution is 9.10. The van der Waals surface area contributed by atoms with E-state index in [0.29, 0.717) is 29.2 Å². The third-order valence-electron chi connectivity index (χ3n) is 3.38. The molecule has 0 atom stereocenters. The number of nitrogens with one attached hydrogen (secondary N) is 2. The van der Waals surface area contributed by atoms with Gasteiger partial charge < -0.3 is 10.1 Å². The number of thiocarbonyl (C=S) groups is 1. The first kappa shape index (κ1) is 19.8. The van der Waals surface area contributed by atoms with E-state index in [9.17, 15) is 14.9 Å². The molecule has 0 aromatic heterocycles. The lowest BCUT2D eigenvalue weighted by atomic mass is 10.2. The normalized spacial score (nSPS) is 10.1. The molecular formula is C17H16BrN3O4S. The summed E-state index contributed by atoms with van der Waals surface area (Å²) in [5.74, 6) is 0.0225. The number of hydrogen-bond donors (Lipinski definition) is 2. The summed E-state index contributed by atoms with van der Waals surface area (Å²) < 4.78 is 6.19. The number of nitro benzene ring substituents is 1. The number of amides is 1. The summed E-state index contributed by atoms with van der Waals surface area (Å²) in [6, 6.07) is 9.43. The molecule has 2 N–H and O–H groups in total. The number of halogens is 1. The second kappa shape index (κ2) is 8.72. The summed E-state index contributed by atoms with van der Waals surface area (Å²) in [6.07, 6.45) is 0. The van der Waals surface area contributed by atoms with Gasteiger partial charge in [0.25, 0.3) is 11.6 Å². The van der Waals surface area contributed by atoms with Crippen molar-refractivity contribution in [1.29, 1.82) is 0 Å². The highest BCUT2D eigenvalue weighted by Gasteiger charge is 2.15. The minimum absolute atomic E-state index is 0.0153. The Morgan fingerprint density at radius 3 is 2.65 bits per heavy atom. The number of anilines is 1. The molecule has 7 nitrogen and oxygen atoms in total. The minimum atomic E-state index is -0.473. The average molecular weight is 438 g/mol. The van der Waals surface area contributed by atoms with Crippen LogP contribution in [0.1, 0.15) is 22.8 Å². The Bertz CT molecular complexity index is 873. The van der Waals surface area contributed by atoms with Crippen LogP contribution < -0.4 is 15.4 Å². The van der Waals surface area contributed by atoms with E-state index in [2.05, 4.69) is 26.6 Å². The third-order valence-corrected chi connectivity index (χ3v) is 4.08. The molecule has 0 aliphatic carbocycles. The lowest BCUT2D eigenvalue weighted by Gasteiger charge is -2.14. The van der Waals surface area contributed by atoms with Crippen molar-refractivity contribution in [2.75, 3.05) is 11.9 Å². The first-order valence-electron chi connectivity index (χ1n) is 7.61. The van der Waals surface area contributed by atoms with Crippen molar-refractivity contribution in [3.8, 4) is 5.75 Å². The van der Waals surface area contributed by atoms with E-state index in [1.807, 2.05) is 6.92 Å². The van der Waals surface area contributed by atoms with Crippen LogP contribution in [0.15, 0.2) is 40.9 Å². The predicted octanol–water partition coefficient (Wildman–Crippen LogP) is 4.19. The van der Waals surface area contributed by atoms with Gasteiger partial charge in [-0.1, -0.05) is 15.9 Å². The van der Waals surface area contributed by atoms with Gasteiger partial charge in [0.05, 0.1) is 17.1 Å².